The zero-order valence-corrected chi connectivity index (χ0v) is 20.4. The molecule has 7 nitrogen and oxygen atoms in total. The number of nitrogens with one attached hydrogen (secondary N) is 1. The molecule has 1 aliphatic rings. The molecule has 1 atom stereocenters. The summed E-state index contributed by atoms with van der Waals surface area (Å²) in [4.78, 5) is 28.2. The summed E-state index contributed by atoms with van der Waals surface area (Å²) in [7, 11) is 3.12. The zero-order chi connectivity index (χ0) is 24.3. The van der Waals surface area contributed by atoms with E-state index in [-0.39, 0.29) is 24.5 Å². The summed E-state index contributed by atoms with van der Waals surface area (Å²) in [6, 6.07) is 14.8. The van der Waals surface area contributed by atoms with Gasteiger partial charge in [0.05, 0.1) is 14.2 Å². The van der Waals surface area contributed by atoms with E-state index in [1.54, 1.807) is 37.3 Å². The first-order valence-electron chi connectivity index (χ1n) is 12.0. The summed E-state index contributed by atoms with van der Waals surface area (Å²) < 4.78 is 16.4. The molecule has 2 aromatic carbocycles. The van der Waals surface area contributed by atoms with Crippen LogP contribution in [0.3, 0.4) is 0 Å². The van der Waals surface area contributed by atoms with Crippen molar-refractivity contribution in [3.8, 4) is 17.2 Å². The van der Waals surface area contributed by atoms with Crippen molar-refractivity contribution in [3.63, 3.8) is 0 Å². The van der Waals surface area contributed by atoms with Crippen LogP contribution in [0.25, 0.3) is 0 Å². The van der Waals surface area contributed by atoms with Gasteiger partial charge in [-0.05, 0) is 31.2 Å². The molecule has 1 N–H and O–H groups in total. The van der Waals surface area contributed by atoms with Crippen molar-refractivity contribution in [2.45, 2.75) is 57.5 Å². The van der Waals surface area contributed by atoms with Crippen molar-refractivity contribution in [3.05, 3.63) is 54.1 Å². The number of rotatable bonds is 12. The number of carbonyl (C=O) groups excluding carboxylic acids is 2. The van der Waals surface area contributed by atoms with Crippen LogP contribution in [0.4, 0.5) is 0 Å². The van der Waals surface area contributed by atoms with Gasteiger partial charge in [0.2, 0.25) is 5.91 Å². The van der Waals surface area contributed by atoms with Gasteiger partial charge in [-0.3, -0.25) is 9.59 Å². The maximum Gasteiger partial charge on any atom is 0.261 e. The third kappa shape index (κ3) is 7.14. The van der Waals surface area contributed by atoms with Crippen LogP contribution in [-0.4, -0.2) is 56.2 Å². The standard InChI is InChI=1S/C27H36N2O5/c1-4-25(27(31)28-21-12-8-9-13-21)29(15-14-20-10-6-5-7-11-20)26(30)19-34-24-17-22(32-2)16-23(18-24)33-3/h5-7,10-11,16-18,21,25H,4,8-9,12-15,19H2,1-3H3,(H,28,31). The van der Waals surface area contributed by atoms with Gasteiger partial charge in [0.25, 0.3) is 5.91 Å². The van der Waals surface area contributed by atoms with E-state index in [9.17, 15) is 9.59 Å². The number of methoxy groups -OCH3 is 2. The van der Waals surface area contributed by atoms with E-state index in [4.69, 9.17) is 14.2 Å². The van der Waals surface area contributed by atoms with Crippen molar-refractivity contribution >= 4 is 11.8 Å². The number of ether oxygens (including phenoxy) is 3. The summed E-state index contributed by atoms with van der Waals surface area (Å²) in [6.07, 6.45) is 5.47. The van der Waals surface area contributed by atoms with Crippen LogP contribution in [0.1, 0.15) is 44.6 Å². The van der Waals surface area contributed by atoms with Gasteiger partial charge in [-0.1, -0.05) is 50.1 Å². The predicted molar refractivity (Wildman–Crippen MR) is 131 cm³/mol. The van der Waals surface area contributed by atoms with Crippen LogP contribution in [0, 0.1) is 0 Å². The Morgan fingerprint density at radius 1 is 1.00 bits per heavy atom. The molecule has 3 rings (SSSR count). The molecule has 0 spiro atoms. The lowest BCUT2D eigenvalue weighted by Crippen LogP contribution is -2.52. The molecular weight excluding hydrogens is 432 g/mol. The van der Waals surface area contributed by atoms with Crippen LogP contribution in [0.5, 0.6) is 17.2 Å². The topological polar surface area (TPSA) is 77.1 Å². The normalized spacial score (nSPS) is 14.3. The molecular formula is C27H36N2O5. The third-order valence-electron chi connectivity index (χ3n) is 6.26. The fraction of sp³-hybridized carbons (Fsp3) is 0.481. The van der Waals surface area contributed by atoms with Crippen molar-refractivity contribution in [1.29, 1.82) is 0 Å². The highest BCUT2D eigenvalue weighted by atomic mass is 16.5. The molecule has 1 saturated carbocycles. The third-order valence-corrected chi connectivity index (χ3v) is 6.26. The van der Waals surface area contributed by atoms with E-state index in [1.807, 2.05) is 37.3 Å². The molecule has 0 saturated heterocycles. The van der Waals surface area contributed by atoms with Crippen LogP contribution in [0.2, 0.25) is 0 Å². The summed E-state index contributed by atoms with van der Waals surface area (Å²) in [5, 5.41) is 3.16. The SMILES string of the molecule is CCC(C(=O)NC1CCCC1)N(CCc1ccccc1)C(=O)COc1cc(OC)cc(OC)c1. The Labute approximate surface area is 202 Å². The first-order valence-corrected chi connectivity index (χ1v) is 12.0. The Balaban J connectivity index is 1.72. The number of carbonyl (C=O) groups is 2. The van der Waals surface area contributed by atoms with Gasteiger partial charge in [-0.25, -0.2) is 0 Å². The van der Waals surface area contributed by atoms with E-state index >= 15 is 0 Å². The Morgan fingerprint density at radius 2 is 1.62 bits per heavy atom. The Morgan fingerprint density at radius 3 is 2.21 bits per heavy atom. The number of hydrogen-bond acceptors (Lipinski definition) is 5. The lowest BCUT2D eigenvalue weighted by atomic mass is 10.1. The number of amides is 2. The van der Waals surface area contributed by atoms with Gasteiger partial charge in [-0.2, -0.15) is 0 Å². The van der Waals surface area contributed by atoms with Crippen LogP contribution < -0.4 is 19.5 Å². The van der Waals surface area contributed by atoms with Gasteiger partial charge in [0.1, 0.15) is 23.3 Å². The first-order chi connectivity index (χ1) is 16.5. The van der Waals surface area contributed by atoms with Crippen LogP contribution >= 0.6 is 0 Å². The minimum Gasteiger partial charge on any atom is -0.496 e. The lowest BCUT2D eigenvalue weighted by Gasteiger charge is -2.31. The molecule has 0 aliphatic heterocycles. The van der Waals surface area contributed by atoms with E-state index in [2.05, 4.69) is 5.32 Å². The fourth-order valence-electron chi connectivity index (χ4n) is 4.36. The molecule has 0 heterocycles. The average Bonchev–Trinajstić information content (AvgIpc) is 3.38. The fourth-order valence-corrected chi connectivity index (χ4v) is 4.36. The van der Waals surface area contributed by atoms with Crippen molar-refractivity contribution < 1.29 is 23.8 Å². The van der Waals surface area contributed by atoms with Crippen molar-refractivity contribution in [1.82, 2.24) is 10.2 Å². The minimum atomic E-state index is -0.541. The first kappa shape index (κ1) is 25.4. The van der Waals surface area contributed by atoms with Crippen LogP contribution in [-0.2, 0) is 16.0 Å². The lowest BCUT2D eigenvalue weighted by molar-refractivity contribution is -0.142. The average molecular weight is 469 g/mol. The molecule has 7 heteroatoms. The molecule has 0 radical (unpaired) electrons. The van der Waals surface area contributed by atoms with E-state index < -0.39 is 6.04 Å². The summed E-state index contributed by atoms with van der Waals surface area (Å²) in [6.45, 7) is 2.19. The molecule has 0 aromatic heterocycles. The maximum absolute atomic E-state index is 13.3. The molecule has 1 aliphatic carbocycles. The van der Waals surface area contributed by atoms with Gasteiger partial charge in [0.15, 0.2) is 6.61 Å². The molecule has 1 fully saturated rings. The highest BCUT2D eigenvalue weighted by Gasteiger charge is 2.30. The number of hydrogen-bond donors (Lipinski definition) is 1. The molecule has 2 amide bonds. The van der Waals surface area contributed by atoms with Gasteiger partial charge >= 0.3 is 0 Å². The predicted octanol–water partition coefficient (Wildman–Crippen LogP) is 3.99. The van der Waals surface area contributed by atoms with Crippen molar-refractivity contribution in [2.24, 2.45) is 0 Å². The zero-order valence-electron chi connectivity index (χ0n) is 20.4. The monoisotopic (exact) mass is 468 g/mol. The van der Waals surface area contributed by atoms with Gasteiger partial charge in [0, 0.05) is 30.8 Å². The molecule has 184 valence electrons. The Bertz CT molecular complexity index is 906. The highest BCUT2D eigenvalue weighted by molar-refractivity contribution is 5.88. The number of nitrogens with zero attached hydrogens (tertiary/aromatic N) is 1. The van der Waals surface area contributed by atoms with Gasteiger partial charge in [-0.15, -0.1) is 0 Å². The van der Waals surface area contributed by atoms with Gasteiger partial charge < -0.3 is 24.4 Å². The smallest absolute Gasteiger partial charge is 0.261 e. The largest absolute Gasteiger partial charge is 0.496 e. The minimum absolute atomic E-state index is 0.0844. The highest BCUT2D eigenvalue weighted by Crippen LogP contribution is 2.27. The summed E-state index contributed by atoms with van der Waals surface area (Å²) in [5.74, 6) is 1.30. The van der Waals surface area contributed by atoms with E-state index in [1.165, 1.54) is 0 Å². The van der Waals surface area contributed by atoms with Crippen LogP contribution in [0.15, 0.2) is 48.5 Å². The second kappa shape index (κ2) is 12.9. The Kier molecular flexibility index (Phi) is 9.62. The summed E-state index contributed by atoms with van der Waals surface area (Å²) >= 11 is 0. The van der Waals surface area contributed by atoms with E-state index in [0.717, 1.165) is 31.2 Å². The number of benzene rings is 2. The molecule has 34 heavy (non-hydrogen) atoms. The molecule has 2 aromatic rings. The van der Waals surface area contributed by atoms with Crippen molar-refractivity contribution in [2.75, 3.05) is 27.4 Å². The Hall–Kier alpha value is -3.22. The van der Waals surface area contributed by atoms with E-state index in [0.29, 0.717) is 36.6 Å². The molecule has 0 bridgehead atoms. The second-order valence-electron chi connectivity index (χ2n) is 8.57. The maximum atomic E-state index is 13.3. The summed E-state index contributed by atoms with van der Waals surface area (Å²) in [5.41, 5.74) is 1.12. The quantitative estimate of drug-likeness (QED) is 0.510. The molecule has 1 unspecified atom stereocenters. The second-order valence-corrected chi connectivity index (χ2v) is 8.57.